The number of esters is 1. The van der Waals surface area contributed by atoms with Gasteiger partial charge in [0.2, 0.25) is 11.8 Å². The minimum atomic E-state index is -0.516. The van der Waals surface area contributed by atoms with E-state index in [0.29, 0.717) is 31.5 Å². The van der Waals surface area contributed by atoms with Crippen LogP contribution in [0.15, 0.2) is 48.5 Å². The highest BCUT2D eigenvalue weighted by molar-refractivity contribution is 6.00. The molecule has 1 N–H and O–H groups in total. The summed E-state index contributed by atoms with van der Waals surface area (Å²) in [6.07, 6.45) is 5.48. The summed E-state index contributed by atoms with van der Waals surface area (Å²) >= 11 is 0. The summed E-state index contributed by atoms with van der Waals surface area (Å²) in [6, 6.07) is 15.2. The summed E-state index contributed by atoms with van der Waals surface area (Å²) in [7, 11) is 0. The number of carbonyl (C=O) groups is 4. The smallest absolute Gasteiger partial charge is 0.310 e. The number of Topliss-reactive ketones (excluding diaryl/α,β-unsaturated/α-hetero) is 1. The van der Waals surface area contributed by atoms with Crippen molar-refractivity contribution in [1.29, 1.82) is 0 Å². The normalized spacial score (nSPS) is 18.9. The molecule has 1 fully saturated rings. The van der Waals surface area contributed by atoms with Crippen molar-refractivity contribution in [2.45, 2.75) is 51.9 Å². The molecule has 2 aliphatic rings. The van der Waals surface area contributed by atoms with E-state index in [4.69, 9.17) is 4.74 Å². The summed E-state index contributed by atoms with van der Waals surface area (Å²) in [6.45, 7) is 2.41. The zero-order chi connectivity index (χ0) is 25.5. The number of ether oxygens (including phenoxy) is 1. The Hall–Kier alpha value is -3.48. The average Bonchev–Trinajstić information content (AvgIpc) is 3.33. The van der Waals surface area contributed by atoms with Crippen molar-refractivity contribution in [2.75, 3.05) is 24.6 Å². The first-order valence-electron chi connectivity index (χ1n) is 12.9. The molecule has 0 radical (unpaired) electrons. The maximum atomic E-state index is 13.4. The van der Waals surface area contributed by atoms with Crippen molar-refractivity contribution in [3.05, 3.63) is 65.2 Å². The summed E-state index contributed by atoms with van der Waals surface area (Å²) in [4.78, 5) is 51.8. The number of para-hydroxylation sites is 1. The highest BCUT2D eigenvalue weighted by Crippen LogP contribution is 2.36. The fraction of sp³-hybridized carbons (Fsp3) is 0.448. The van der Waals surface area contributed by atoms with Gasteiger partial charge in [0.05, 0.1) is 11.8 Å². The third-order valence-electron chi connectivity index (χ3n) is 7.18. The first kappa shape index (κ1) is 25.6. The molecule has 4 rings (SSSR count). The van der Waals surface area contributed by atoms with Gasteiger partial charge in [-0.3, -0.25) is 19.2 Å². The molecule has 1 saturated carbocycles. The Morgan fingerprint density at radius 2 is 1.69 bits per heavy atom. The van der Waals surface area contributed by atoms with E-state index in [1.165, 1.54) is 6.92 Å². The zero-order valence-corrected chi connectivity index (χ0v) is 20.8. The second kappa shape index (κ2) is 12.0. The van der Waals surface area contributed by atoms with Crippen molar-refractivity contribution < 1.29 is 23.9 Å². The van der Waals surface area contributed by atoms with Crippen LogP contribution in [0.5, 0.6) is 0 Å². The molecule has 36 heavy (non-hydrogen) atoms. The number of fused-ring (bicyclic) bond motifs is 1. The van der Waals surface area contributed by atoms with Crippen LogP contribution in [0.4, 0.5) is 5.69 Å². The second-order valence-electron chi connectivity index (χ2n) is 9.68. The predicted molar refractivity (Wildman–Crippen MR) is 137 cm³/mol. The third-order valence-corrected chi connectivity index (χ3v) is 7.18. The molecule has 0 bridgehead atoms. The molecule has 1 aliphatic carbocycles. The van der Waals surface area contributed by atoms with Crippen molar-refractivity contribution in [2.24, 2.45) is 11.8 Å². The van der Waals surface area contributed by atoms with Crippen LogP contribution < -0.4 is 10.2 Å². The van der Waals surface area contributed by atoms with Crippen LogP contribution in [0.2, 0.25) is 0 Å². The molecule has 0 saturated heterocycles. The number of ketones is 1. The predicted octanol–water partition coefficient (Wildman–Crippen LogP) is 3.88. The van der Waals surface area contributed by atoms with E-state index < -0.39 is 17.8 Å². The van der Waals surface area contributed by atoms with Crippen molar-refractivity contribution in [1.82, 2.24) is 5.32 Å². The fourth-order valence-corrected chi connectivity index (χ4v) is 5.22. The van der Waals surface area contributed by atoms with Gasteiger partial charge in [-0.2, -0.15) is 0 Å². The van der Waals surface area contributed by atoms with Crippen molar-refractivity contribution >= 4 is 29.3 Å². The van der Waals surface area contributed by atoms with Gasteiger partial charge in [0.25, 0.3) is 0 Å². The van der Waals surface area contributed by atoms with Crippen molar-refractivity contribution in [3.63, 3.8) is 0 Å². The number of rotatable bonds is 9. The van der Waals surface area contributed by atoms with Crippen molar-refractivity contribution in [3.8, 4) is 0 Å². The highest BCUT2D eigenvalue weighted by atomic mass is 16.5. The largest absolute Gasteiger partial charge is 0.457 e. The van der Waals surface area contributed by atoms with Gasteiger partial charge in [-0.1, -0.05) is 55.3 Å². The van der Waals surface area contributed by atoms with Gasteiger partial charge in [-0.05, 0) is 49.3 Å². The molecule has 7 nitrogen and oxygen atoms in total. The summed E-state index contributed by atoms with van der Waals surface area (Å²) in [5.74, 6) is -1.70. The lowest BCUT2D eigenvalue weighted by Gasteiger charge is -2.32. The van der Waals surface area contributed by atoms with Gasteiger partial charge in [0.15, 0.2) is 12.4 Å². The van der Waals surface area contributed by atoms with Gasteiger partial charge in [0.1, 0.15) is 0 Å². The van der Waals surface area contributed by atoms with Crippen LogP contribution in [-0.4, -0.2) is 43.3 Å². The Morgan fingerprint density at radius 3 is 2.44 bits per heavy atom. The minimum Gasteiger partial charge on any atom is -0.457 e. The molecule has 7 heteroatoms. The van der Waals surface area contributed by atoms with Crippen LogP contribution in [0.1, 0.15) is 60.5 Å². The standard InChI is InChI=1S/C29H34N2O5/c1-20(32)30-17-6-7-21-12-14-23(15-13-21)27(33)19-36-29(35)25-10-4-3-9-24(25)28(34)31-18-16-22-8-2-5-11-26(22)31/h2,5,8,11-15,24-25H,3-4,6-7,9-10,16-19H2,1H3,(H,30,32). The Kier molecular flexibility index (Phi) is 8.52. The zero-order valence-electron chi connectivity index (χ0n) is 20.8. The molecule has 2 atom stereocenters. The number of nitrogens with one attached hydrogen (secondary N) is 1. The minimum absolute atomic E-state index is 0.0120. The highest BCUT2D eigenvalue weighted by Gasteiger charge is 2.40. The van der Waals surface area contributed by atoms with Crippen LogP contribution in [0, 0.1) is 11.8 Å². The molecule has 1 aliphatic heterocycles. The molecular weight excluding hydrogens is 456 g/mol. The number of hydrogen-bond donors (Lipinski definition) is 1. The Labute approximate surface area is 212 Å². The van der Waals surface area contributed by atoms with E-state index in [0.717, 1.165) is 48.9 Å². The number of hydrogen-bond acceptors (Lipinski definition) is 5. The second-order valence-corrected chi connectivity index (χ2v) is 9.68. The Morgan fingerprint density at radius 1 is 0.972 bits per heavy atom. The van der Waals surface area contributed by atoms with Gasteiger partial charge in [-0.25, -0.2) is 0 Å². The molecule has 0 aromatic heterocycles. The number of anilines is 1. The van der Waals surface area contributed by atoms with Gasteiger partial charge >= 0.3 is 5.97 Å². The van der Waals surface area contributed by atoms with Crippen LogP contribution in [0.3, 0.4) is 0 Å². The SMILES string of the molecule is CC(=O)NCCCc1ccc(C(=O)COC(=O)C2CCCCC2C(=O)N2CCc3ccccc32)cc1. The topological polar surface area (TPSA) is 92.8 Å². The van der Waals surface area contributed by atoms with Crippen LogP contribution in [-0.2, 0) is 32.0 Å². The van der Waals surface area contributed by atoms with Gasteiger partial charge in [-0.15, -0.1) is 0 Å². The first-order valence-corrected chi connectivity index (χ1v) is 12.9. The Bertz CT molecular complexity index is 1110. The Balaban J connectivity index is 1.30. The van der Waals surface area contributed by atoms with E-state index in [2.05, 4.69) is 5.32 Å². The van der Waals surface area contributed by atoms with Gasteiger partial charge < -0.3 is 15.0 Å². The van der Waals surface area contributed by atoms with E-state index in [-0.39, 0.29) is 24.2 Å². The van der Waals surface area contributed by atoms with Gasteiger partial charge in [0, 0.05) is 31.3 Å². The van der Waals surface area contributed by atoms with E-state index >= 15 is 0 Å². The van der Waals surface area contributed by atoms with Crippen LogP contribution in [0.25, 0.3) is 0 Å². The van der Waals surface area contributed by atoms with E-state index in [9.17, 15) is 19.2 Å². The average molecular weight is 491 g/mol. The first-order chi connectivity index (χ1) is 17.4. The number of amides is 2. The number of nitrogens with zero attached hydrogens (tertiary/aromatic N) is 1. The molecule has 2 unspecified atom stereocenters. The lowest BCUT2D eigenvalue weighted by molar-refractivity contribution is -0.153. The molecular formula is C29H34N2O5. The lowest BCUT2D eigenvalue weighted by Crippen LogP contribution is -2.42. The fourth-order valence-electron chi connectivity index (χ4n) is 5.22. The molecule has 2 aromatic rings. The maximum Gasteiger partial charge on any atom is 0.310 e. The van der Waals surface area contributed by atoms with E-state index in [1.807, 2.05) is 41.3 Å². The van der Waals surface area contributed by atoms with Crippen LogP contribution >= 0.6 is 0 Å². The molecule has 2 aromatic carbocycles. The molecule has 0 spiro atoms. The number of aryl methyl sites for hydroxylation is 1. The third kappa shape index (κ3) is 6.20. The lowest BCUT2D eigenvalue weighted by atomic mass is 9.78. The monoisotopic (exact) mass is 490 g/mol. The summed E-state index contributed by atoms with van der Waals surface area (Å²) in [5.41, 5.74) is 3.65. The molecule has 2 amide bonds. The molecule has 1 heterocycles. The summed E-state index contributed by atoms with van der Waals surface area (Å²) < 4.78 is 5.44. The summed E-state index contributed by atoms with van der Waals surface area (Å²) in [5, 5.41) is 2.76. The number of carbonyl (C=O) groups excluding carboxylic acids is 4. The number of benzene rings is 2. The maximum absolute atomic E-state index is 13.4. The van der Waals surface area contributed by atoms with E-state index in [1.54, 1.807) is 12.1 Å². The quantitative estimate of drug-likeness (QED) is 0.327. The molecule has 190 valence electrons.